The zero-order chi connectivity index (χ0) is 32.6. The van der Waals surface area contributed by atoms with E-state index in [1.807, 2.05) is 22.7 Å². The summed E-state index contributed by atoms with van der Waals surface area (Å²) in [4.78, 5) is 0. The normalized spacial score (nSPS) is 11.7. The van der Waals surface area contributed by atoms with Gasteiger partial charge in [0.05, 0.1) is 51.7 Å². The van der Waals surface area contributed by atoms with Crippen molar-refractivity contribution in [3.05, 3.63) is 30.0 Å². The SMILES string of the molecule is CCCCCCCCOc1cc(-n2c3cc(I)sc3c3sc(I)cc32)cc(OCCCCCCCC)c1OCCCCCCCC. The highest BCUT2D eigenvalue weighted by Crippen LogP contribution is 2.46. The average molecular weight is 892 g/mol. The fraction of sp³-hybridized carbons (Fsp3) is 0.632. The van der Waals surface area contributed by atoms with Gasteiger partial charge in [-0.15, -0.1) is 22.7 Å². The maximum Gasteiger partial charge on any atom is 0.203 e. The fourth-order valence-electron chi connectivity index (χ4n) is 6.00. The third-order valence-corrected chi connectivity index (χ3v) is 12.5. The van der Waals surface area contributed by atoms with Gasteiger partial charge < -0.3 is 18.8 Å². The molecule has 0 spiro atoms. The molecule has 0 aliphatic carbocycles. The Balaban J connectivity index is 1.63. The number of hydrogen-bond donors (Lipinski definition) is 0. The Morgan fingerprint density at radius 1 is 0.500 bits per heavy atom. The highest BCUT2D eigenvalue weighted by atomic mass is 127. The number of nitrogens with zero attached hydrogens (tertiary/aromatic N) is 1. The first-order valence-electron chi connectivity index (χ1n) is 18.0. The Bertz CT molecular complexity index is 1350. The summed E-state index contributed by atoms with van der Waals surface area (Å²) < 4.78 is 27.6. The van der Waals surface area contributed by atoms with Gasteiger partial charge >= 0.3 is 0 Å². The van der Waals surface area contributed by atoms with Crippen LogP contribution < -0.4 is 14.2 Å². The van der Waals surface area contributed by atoms with Crippen LogP contribution in [0.5, 0.6) is 17.2 Å². The Hall–Kier alpha value is -0.720. The maximum absolute atomic E-state index is 6.62. The molecular weight excluding hydrogens is 836 g/mol. The third kappa shape index (κ3) is 11.4. The molecule has 3 aromatic heterocycles. The van der Waals surface area contributed by atoms with Crippen LogP contribution in [0.15, 0.2) is 24.3 Å². The van der Waals surface area contributed by atoms with Gasteiger partial charge in [0.15, 0.2) is 11.5 Å². The van der Waals surface area contributed by atoms with Crippen LogP contribution in [0.3, 0.4) is 0 Å². The van der Waals surface area contributed by atoms with Crippen LogP contribution >= 0.6 is 67.9 Å². The van der Waals surface area contributed by atoms with Crippen molar-refractivity contribution in [2.24, 2.45) is 0 Å². The molecule has 4 nitrogen and oxygen atoms in total. The third-order valence-electron chi connectivity index (χ3n) is 8.57. The van der Waals surface area contributed by atoms with Gasteiger partial charge in [0.25, 0.3) is 0 Å². The van der Waals surface area contributed by atoms with Crippen molar-refractivity contribution in [2.75, 3.05) is 19.8 Å². The molecule has 0 bridgehead atoms. The summed E-state index contributed by atoms with van der Waals surface area (Å²) in [5.41, 5.74) is 3.61. The van der Waals surface area contributed by atoms with Crippen LogP contribution in [0.1, 0.15) is 136 Å². The van der Waals surface area contributed by atoms with E-state index in [9.17, 15) is 0 Å². The van der Waals surface area contributed by atoms with E-state index in [4.69, 9.17) is 14.2 Å². The van der Waals surface area contributed by atoms with Crippen molar-refractivity contribution in [2.45, 2.75) is 136 Å². The Labute approximate surface area is 313 Å². The van der Waals surface area contributed by atoms with Crippen LogP contribution in [-0.4, -0.2) is 24.4 Å². The van der Waals surface area contributed by atoms with Crippen LogP contribution in [0, 0.1) is 5.77 Å². The van der Waals surface area contributed by atoms with Gasteiger partial charge in [-0.05, 0) is 76.6 Å². The number of hydrogen-bond acceptors (Lipinski definition) is 5. The number of fused-ring (bicyclic) bond motifs is 3. The standard InChI is InChI=1S/C38H55I2NO3S2/c1-4-7-10-13-16-19-22-42-32-25-29(41-30-27-34(39)45-37(30)38-31(41)28-35(40)46-38)26-33(43-23-20-17-14-11-8-5-2)36(32)44-24-21-18-15-12-9-6-3/h25-28H,4-24H2,1-3H3. The predicted molar refractivity (Wildman–Crippen MR) is 219 cm³/mol. The molecule has 46 heavy (non-hydrogen) atoms. The molecule has 0 atom stereocenters. The van der Waals surface area contributed by atoms with Gasteiger partial charge in [-0.25, -0.2) is 0 Å². The minimum absolute atomic E-state index is 0.690. The lowest BCUT2D eigenvalue weighted by atomic mass is 10.1. The summed E-state index contributed by atoms with van der Waals surface area (Å²) in [6, 6.07) is 9.05. The molecule has 8 heteroatoms. The quantitative estimate of drug-likeness (QED) is 0.0491. The molecule has 0 fully saturated rings. The Morgan fingerprint density at radius 2 is 0.870 bits per heavy atom. The first-order valence-corrected chi connectivity index (χ1v) is 21.8. The van der Waals surface area contributed by atoms with Gasteiger partial charge in [0, 0.05) is 12.1 Å². The van der Waals surface area contributed by atoms with Gasteiger partial charge in [-0.3, -0.25) is 0 Å². The van der Waals surface area contributed by atoms with Crippen molar-refractivity contribution in [1.82, 2.24) is 4.57 Å². The topological polar surface area (TPSA) is 32.6 Å². The van der Waals surface area contributed by atoms with E-state index < -0.39 is 0 Å². The summed E-state index contributed by atoms with van der Waals surface area (Å²) >= 11 is 8.68. The predicted octanol–water partition coefficient (Wildman–Crippen LogP) is 14.3. The molecule has 4 aromatic rings. The largest absolute Gasteiger partial charge is 0.489 e. The van der Waals surface area contributed by atoms with Gasteiger partial charge in [-0.2, -0.15) is 0 Å². The molecule has 0 N–H and O–H groups in total. The first-order chi connectivity index (χ1) is 22.6. The van der Waals surface area contributed by atoms with Crippen LogP contribution in [0.25, 0.3) is 26.1 Å². The Kier molecular flexibility index (Phi) is 17.7. The monoisotopic (exact) mass is 891 g/mol. The fourth-order valence-corrected chi connectivity index (χ4v) is 9.80. The van der Waals surface area contributed by atoms with E-state index in [2.05, 4.69) is 94.8 Å². The number of ether oxygens (including phenoxy) is 3. The number of rotatable bonds is 25. The summed E-state index contributed by atoms with van der Waals surface area (Å²) in [5, 5.41) is 0. The molecule has 0 aliphatic heterocycles. The van der Waals surface area contributed by atoms with Gasteiger partial charge in [-0.1, -0.05) is 117 Å². The summed E-state index contributed by atoms with van der Waals surface area (Å²) in [5.74, 6) is 2.42. The maximum atomic E-state index is 6.62. The van der Waals surface area contributed by atoms with Crippen molar-refractivity contribution in [1.29, 1.82) is 0 Å². The van der Waals surface area contributed by atoms with E-state index in [0.717, 1.165) is 42.2 Å². The second-order valence-corrected chi connectivity index (χ2v) is 18.4. The number of benzene rings is 1. The molecule has 256 valence electrons. The summed E-state index contributed by atoms with van der Waals surface area (Å²) in [6.45, 7) is 8.90. The smallest absolute Gasteiger partial charge is 0.203 e. The molecule has 0 unspecified atom stereocenters. The second kappa shape index (κ2) is 21.4. The molecule has 0 saturated heterocycles. The summed E-state index contributed by atoms with van der Waals surface area (Å²) in [6.07, 6.45) is 22.3. The zero-order valence-corrected chi connectivity index (χ0v) is 34.4. The van der Waals surface area contributed by atoms with Crippen molar-refractivity contribution in [3.8, 4) is 22.9 Å². The van der Waals surface area contributed by atoms with E-state index >= 15 is 0 Å². The molecular formula is C38H55I2NO3S2. The van der Waals surface area contributed by atoms with Crippen LogP contribution in [0.4, 0.5) is 0 Å². The van der Waals surface area contributed by atoms with Gasteiger partial charge in [0.1, 0.15) is 0 Å². The number of thiophene rings is 2. The minimum Gasteiger partial charge on any atom is -0.489 e. The van der Waals surface area contributed by atoms with Crippen molar-refractivity contribution < 1.29 is 14.2 Å². The van der Waals surface area contributed by atoms with Crippen LogP contribution in [-0.2, 0) is 0 Å². The van der Waals surface area contributed by atoms with Crippen molar-refractivity contribution in [3.63, 3.8) is 0 Å². The molecule has 0 radical (unpaired) electrons. The molecule has 0 amide bonds. The number of unbranched alkanes of at least 4 members (excludes halogenated alkanes) is 15. The van der Waals surface area contributed by atoms with E-state index in [1.165, 1.54) is 123 Å². The highest BCUT2D eigenvalue weighted by Gasteiger charge is 2.22. The minimum atomic E-state index is 0.690. The summed E-state index contributed by atoms with van der Waals surface area (Å²) in [7, 11) is 0. The van der Waals surface area contributed by atoms with Crippen molar-refractivity contribution >= 4 is 88.3 Å². The zero-order valence-electron chi connectivity index (χ0n) is 28.4. The highest BCUT2D eigenvalue weighted by molar-refractivity contribution is 14.1. The molecule has 1 aromatic carbocycles. The molecule has 3 heterocycles. The van der Waals surface area contributed by atoms with E-state index in [0.29, 0.717) is 19.8 Å². The van der Waals surface area contributed by atoms with Crippen LogP contribution in [0.2, 0.25) is 0 Å². The molecule has 0 saturated carbocycles. The lowest BCUT2D eigenvalue weighted by Crippen LogP contribution is -2.08. The first kappa shape index (κ1) is 38.1. The lowest BCUT2D eigenvalue weighted by molar-refractivity contribution is 0.234. The number of halogens is 2. The number of aromatic nitrogens is 1. The van der Waals surface area contributed by atoms with E-state index in [1.54, 1.807) is 0 Å². The van der Waals surface area contributed by atoms with Gasteiger partial charge in [0.2, 0.25) is 5.75 Å². The average Bonchev–Trinajstić information content (AvgIpc) is 3.69. The van der Waals surface area contributed by atoms with E-state index in [-0.39, 0.29) is 0 Å². The Morgan fingerprint density at radius 3 is 1.28 bits per heavy atom. The lowest BCUT2D eigenvalue weighted by Gasteiger charge is -2.20. The molecule has 4 rings (SSSR count). The second-order valence-electron chi connectivity index (χ2n) is 12.5. The molecule has 0 aliphatic rings.